The number of hydrogen-bond donors (Lipinski definition) is 4. The highest BCUT2D eigenvalue weighted by Crippen LogP contribution is 2.35. The molecule has 8 nitrogen and oxygen atoms in total. The Morgan fingerprint density at radius 3 is 2.86 bits per heavy atom. The molecule has 2 heterocycles. The minimum absolute atomic E-state index is 0.0430. The topological polar surface area (TPSA) is 101 Å². The molecule has 2 aliphatic heterocycles. The highest BCUT2D eigenvalue weighted by atomic mass is 16.5. The second-order valence-corrected chi connectivity index (χ2v) is 7.67. The lowest BCUT2D eigenvalue weighted by Gasteiger charge is -2.23. The van der Waals surface area contributed by atoms with Crippen molar-refractivity contribution in [3.05, 3.63) is 41.7 Å². The standard InChI is InChI=1S/C20H26N6O2/c1-28-12-17-11-26(25-24-17)18-6-2-13(3-7-18)8-16(10-21)23-20(27)19-14-4-5-15(9-14)22-19/h2-3,6-7,11,14-16,19,22,24-25H,4-5,8-9,12H2,1H3,(H,23,27)/t14?,15-,16+,19+/m1/s1. The smallest absolute Gasteiger partial charge is 0.238 e. The number of carbonyl (C=O) groups excluding carboxylic acids is 1. The van der Waals surface area contributed by atoms with Gasteiger partial charge in [0.1, 0.15) is 6.04 Å². The van der Waals surface area contributed by atoms with Crippen LogP contribution in [-0.2, 0) is 16.0 Å². The third-order valence-corrected chi connectivity index (χ3v) is 5.69. The minimum Gasteiger partial charge on any atom is -0.378 e. The average Bonchev–Trinajstić information content (AvgIpc) is 3.45. The van der Waals surface area contributed by atoms with Crippen molar-refractivity contribution < 1.29 is 9.53 Å². The molecule has 4 atom stereocenters. The van der Waals surface area contributed by atoms with Crippen molar-refractivity contribution in [3.63, 3.8) is 0 Å². The Labute approximate surface area is 164 Å². The Morgan fingerprint density at radius 1 is 1.39 bits per heavy atom. The maximum absolute atomic E-state index is 12.5. The summed E-state index contributed by atoms with van der Waals surface area (Å²) in [5.41, 5.74) is 8.99. The second kappa shape index (κ2) is 8.19. The van der Waals surface area contributed by atoms with Crippen LogP contribution in [-0.4, -0.2) is 37.7 Å². The number of nitriles is 1. The number of fused-ring (bicyclic) bond motifs is 2. The highest BCUT2D eigenvalue weighted by Gasteiger charge is 2.43. The number of piperidine rings is 1. The lowest BCUT2D eigenvalue weighted by Crippen LogP contribution is -2.50. The van der Waals surface area contributed by atoms with Crippen molar-refractivity contribution in [1.29, 1.82) is 5.26 Å². The predicted octanol–water partition coefficient (Wildman–Crippen LogP) is 0.695. The van der Waals surface area contributed by atoms with Crippen molar-refractivity contribution in [2.24, 2.45) is 5.92 Å². The molecule has 1 unspecified atom stereocenters. The monoisotopic (exact) mass is 382 g/mol. The molecule has 4 rings (SSSR count). The van der Waals surface area contributed by atoms with Crippen LogP contribution in [0, 0.1) is 17.2 Å². The molecule has 8 heteroatoms. The Kier molecular flexibility index (Phi) is 5.48. The van der Waals surface area contributed by atoms with E-state index in [0.29, 0.717) is 25.0 Å². The molecule has 1 aromatic carbocycles. The molecule has 0 spiro atoms. The number of hydrazine groups is 2. The van der Waals surface area contributed by atoms with Crippen LogP contribution in [0.15, 0.2) is 36.2 Å². The number of nitrogens with one attached hydrogen (secondary N) is 4. The molecule has 148 valence electrons. The van der Waals surface area contributed by atoms with E-state index in [1.165, 1.54) is 0 Å². The summed E-state index contributed by atoms with van der Waals surface area (Å²) in [5.74, 6) is 0.375. The van der Waals surface area contributed by atoms with E-state index in [0.717, 1.165) is 36.2 Å². The van der Waals surface area contributed by atoms with Gasteiger partial charge in [0, 0.05) is 25.8 Å². The van der Waals surface area contributed by atoms with Crippen LogP contribution in [0.4, 0.5) is 5.69 Å². The molecular weight excluding hydrogens is 356 g/mol. The molecule has 1 aromatic rings. The van der Waals surface area contributed by atoms with E-state index in [9.17, 15) is 10.1 Å². The first-order chi connectivity index (χ1) is 13.7. The molecule has 1 saturated carbocycles. The van der Waals surface area contributed by atoms with Gasteiger partial charge < -0.3 is 20.8 Å². The summed E-state index contributed by atoms with van der Waals surface area (Å²) in [6, 6.07) is 9.93. The van der Waals surface area contributed by atoms with E-state index in [2.05, 4.69) is 27.7 Å². The Bertz CT molecular complexity index is 787. The Balaban J connectivity index is 1.33. The fourth-order valence-corrected chi connectivity index (χ4v) is 4.29. The van der Waals surface area contributed by atoms with Crippen molar-refractivity contribution in [2.75, 3.05) is 18.7 Å². The molecule has 28 heavy (non-hydrogen) atoms. The van der Waals surface area contributed by atoms with Crippen LogP contribution in [0.25, 0.3) is 0 Å². The first-order valence-electron chi connectivity index (χ1n) is 9.72. The zero-order valence-corrected chi connectivity index (χ0v) is 15.9. The van der Waals surface area contributed by atoms with Gasteiger partial charge >= 0.3 is 0 Å². The van der Waals surface area contributed by atoms with Crippen molar-refractivity contribution in [2.45, 2.75) is 43.8 Å². The van der Waals surface area contributed by atoms with E-state index in [-0.39, 0.29) is 11.9 Å². The predicted molar refractivity (Wildman–Crippen MR) is 104 cm³/mol. The first-order valence-corrected chi connectivity index (χ1v) is 9.72. The van der Waals surface area contributed by atoms with Gasteiger partial charge in [-0.05, 0) is 42.9 Å². The van der Waals surface area contributed by atoms with Crippen LogP contribution in [0.5, 0.6) is 0 Å². The van der Waals surface area contributed by atoms with Gasteiger partial charge in [-0.2, -0.15) is 5.26 Å². The zero-order valence-electron chi connectivity index (χ0n) is 15.9. The summed E-state index contributed by atoms with van der Waals surface area (Å²) >= 11 is 0. The van der Waals surface area contributed by atoms with Gasteiger partial charge in [-0.25, -0.2) is 0 Å². The minimum atomic E-state index is -0.529. The summed E-state index contributed by atoms with van der Waals surface area (Å²) in [6.45, 7) is 0.503. The number of benzene rings is 1. The number of anilines is 1. The van der Waals surface area contributed by atoms with E-state index in [1.54, 1.807) is 7.11 Å². The van der Waals surface area contributed by atoms with Crippen molar-refractivity contribution in [3.8, 4) is 6.07 Å². The number of carbonyl (C=O) groups is 1. The third-order valence-electron chi connectivity index (χ3n) is 5.69. The van der Waals surface area contributed by atoms with Gasteiger partial charge in [-0.3, -0.25) is 9.80 Å². The summed E-state index contributed by atoms with van der Waals surface area (Å²) in [6.07, 6.45) is 5.76. The quantitative estimate of drug-likeness (QED) is 0.550. The SMILES string of the molecule is COCC1=CN(c2ccc(C[C@@H](C#N)NC(=O)[C@H]3N[C@@H]4CCC3C4)cc2)NN1. The summed E-state index contributed by atoms with van der Waals surface area (Å²) < 4.78 is 5.10. The number of nitrogens with zero attached hydrogens (tertiary/aromatic N) is 2. The van der Waals surface area contributed by atoms with E-state index < -0.39 is 6.04 Å². The van der Waals surface area contributed by atoms with Gasteiger partial charge in [0.2, 0.25) is 5.91 Å². The molecule has 0 aromatic heterocycles. The van der Waals surface area contributed by atoms with Crippen LogP contribution >= 0.6 is 0 Å². The first kappa shape index (κ1) is 18.7. The molecule has 1 saturated heterocycles. The number of methoxy groups -OCH3 is 1. The molecule has 1 aliphatic carbocycles. The number of rotatable bonds is 7. The maximum atomic E-state index is 12.5. The second-order valence-electron chi connectivity index (χ2n) is 7.67. The maximum Gasteiger partial charge on any atom is 0.238 e. The lowest BCUT2D eigenvalue weighted by molar-refractivity contribution is -0.124. The van der Waals surface area contributed by atoms with Gasteiger partial charge in [0.15, 0.2) is 0 Å². The molecule has 2 fully saturated rings. The van der Waals surface area contributed by atoms with Gasteiger partial charge in [-0.1, -0.05) is 12.1 Å². The van der Waals surface area contributed by atoms with E-state index >= 15 is 0 Å². The summed E-state index contributed by atoms with van der Waals surface area (Å²) in [7, 11) is 1.65. The van der Waals surface area contributed by atoms with Gasteiger partial charge in [0.25, 0.3) is 0 Å². The fourth-order valence-electron chi connectivity index (χ4n) is 4.29. The average molecular weight is 382 g/mol. The molecule has 1 amide bonds. The number of amides is 1. The molecule has 4 N–H and O–H groups in total. The van der Waals surface area contributed by atoms with Crippen LogP contribution in [0.2, 0.25) is 0 Å². The van der Waals surface area contributed by atoms with Crippen LogP contribution in [0.1, 0.15) is 24.8 Å². The van der Waals surface area contributed by atoms with Crippen LogP contribution < -0.4 is 26.6 Å². The molecule has 2 bridgehead atoms. The Morgan fingerprint density at radius 2 is 2.21 bits per heavy atom. The van der Waals surface area contributed by atoms with Crippen LogP contribution in [0.3, 0.4) is 0 Å². The van der Waals surface area contributed by atoms with E-state index in [1.807, 2.05) is 35.5 Å². The van der Waals surface area contributed by atoms with Crippen molar-refractivity contribution >= 4 is 11.6 Å². The lowest BCUT2D eigenvalue weighted by atomic mass is 9.98. The number of ether oxygens (including phenoxy) is 1. The summed E-state index contributed by atoms with van der Waals surface area (Å²) in [4.78, 5) is 12.5. The third kappa shape index (κ3) is 3.97. The van der Waals surface area contributed by atoms with Gasteiger partial charge in [-0.15, -0.1) is 5.53 Å². The van der Waals surface area contributed by atoms with Gasteiger partial charge in [0.05, 0.1) is 30.1 Å². The van der Waals surface area contributed by atoms with Crippen molar-refractivity contribution in [1.82, 2.24) is 21.6 Å². The van der Waals surface area contributed by atoms with E-state index in [4.69, 9.17) is 4.74 Å². The molecular formula is C20H26N6O2. The number of hydrogen-bond acceptors (Lipinski definition) is 7. The summed E-state index contributed by atoms with van der Waals surface area (Å²) in [5, 5.41) is 17.6. The molecule has 3 aliphatic rings. The largest absolute Gasteiger partial charge is 0.378 e. The highest BCUT2D eigenvalue weighted by molar-refractivity contribution is 5.83. The normalized spacial score (nSPS) is 26.5. The zero-order chi connectivity index (χ0) is 19.5. The Hall–Kier alpha value is -2.60. The molecule has 0 radical (unpaired) electrons. The fraction of sp³-hybridized carbons (Fsp3) is 0.500.